The lowest BCUT2D eigenvalue weighted by Gasteiger charge is -2.19. The van der Waals surface area contributed by atoms with Gasteiger partial charge in [-0.3, -0.25) is 0 Å². The summed E-state index contributed by atoms with van der Waals surface area (Å²) in [5.74, 6) is 1.30. The molecule has 1 atom stereocenters. The molecule has 1 aromatic carbocycles. The second-order valence-corrected chi connectivity index (χ2v) is 5.03. The molecule has 2 heterocycles. The molecule has 1 aliphatic rings. The Morgan fingerprint density at radius 2 is 2.05 bits per heavy atom. The third-order valence-electron chi connectivity index (χ3n) is 3.44. The molecule has 21 heavy (non-hydrogen) atoms. The summed E-state index contributed by atoms with van der Waals surface area (Å²) in [6.45, 7) is 1.94. The van der Waals surface area contributed by atoms with Crippen molar-refractivity contribution >= 4 is 12.4 Å². The van der Waals surface area contributed by atoms with Gasteiger partial charge in [0.05, 0.1) is 12.6 Å². The Balaban J connectivity index is 0.00000161. The molecule has 114 valence electrons. The van der Waals surface area contributed by atoms with Crippen molar-refractivity contribution in [1.29, 1.82) is 0 Å². The standard InChI is InChI=1S/C15H19N3O2.ClH/c1-2-6-12(7-3-1)10-19-11-14-17-15(18-20-14)13-8-4-5-9-16-13;/h1-3,6-7,13,16H,4-5,8-11H2;1H. The van der Waals surface area contributed by atoms with Gasteiger partial charge >= 0.3 is 0 Å². The highest BCUT2D eigenvalue weighted by Crippen LogP contribution is 2.20. The minimum absolute atomic E-state index is 0. The van der Waals surface area contributed by atoms with Crippen LogP contribution < -0.4 is 5.32 Å². The van der Waals surface area contributed by atoms with Crippen LogP contribution in [0.2, 0.25) is 0 Å². The van der Waals surface area contributed by atoms with Gasteiger partial charge in [-0.1, -0.05) is 41.9 Å². The Hall–Kier alpha value is -1.43. The minimum Gasteiger partial charge on any atom is -0.367 e. The van der Waals surface area contributed by atoms with Crippen LogP contribution >= 0.6 is 12.4 Å². The number of ether oxygens (including phenoxy) is 1. The lowest BCUT2D eigenvalue weighted by atomic mass is 10.0. The molecule has 1 unspecified atom stereocenters. The normalized spacial score (nSPS) is 18.2. The van der Waals surface area contributed by atoms with Crippen molar-refractivity contribution in [2.24, 2.45) is 0 Å². The van der Waals surface area contributed by atoms with Gasteiger partial charge in [0, 0.05) is 0 Å². The molecule has 0 saturated carbocycles. The highest BCUT2D eigenvalue weighted by molar-refractivity contribution is 5.85. The molecule has 2 aromatic rings. The lowest BCUT2D eigenvalue weighted by Crippen LogP contribution is -2.27. The van der Waals surface area contributed by atoms with Crippen molar-refractivity contribution in [2.45, 2.75) is 38.5 Å². The average Bonchev–Trinajstić information content (AvgIpc) is 2.98. The maximum Gasteiger partial charge on any atom is 0.252 e. The van der Waals surface area contributed by atoms with Gasteiger partial charge in [0.15, 0.2) is 5.82 Å². The Bertz CT molecular complexity index is 527. The van der Waals surface area contributed by atoms with E-state index >= 15 is 0 Å². The van der Waals surface area contributed by atoms with Crippen LogP contribution in [-0.4, -0.2) is 16.7 Å². The number of nitrogens with zero attached hydrogens (tertiary/aromatic N) is 2. The van der Waals surface area contributed by atoms with Crippen LogP contribution in [0.5, 0.6) is 0 Å². The molecule has 1 aliphatic heterocycles. The molecule has 1 fully saturated rings. The summed E-state index contributed by atoms with van der Waals surface area (Å²) < 4.78 is 10.8. The highest BCUT2D eigenvalue weighted by atomic mass is 35.5. The maximum absolute atomic E-state index is 5.59. The lowest BCUT2D eigenvalue weighted by molar-refractivity contribution is 0.0850. The second-order valence-electron chi connectivity index (χ2n) is 5.03. The van der Waals surface area contributed by atoms with Crippen LogP contribution in [0.3, 0.4) is 0 Å². The Labute approximate surface area is 130 Å². The van der Waals surface area contributed by atoms with Crippen LogP contribution in [0.4, 0.5) is 0 Å². The van der Waals surface area contributed by atoms with Crippen LogP contribution in [0.15, 0.2) is 34.9 Å². The third-order valence-corrected chi connectivity index (χ3v) is 3.44. The van der Waals surface area contributed by atoms with Crippen molar-refractivity contribution in [3.63, 3.8) is 0 Å². The molecule has 3 rings (SSSR count). The molecule has 1 N–H and O–H groups in total. The molecule has 0 aliphatic carbocycles. The number of piperidine rings is 1. The predicted octanol–water partition coefficient (Wildman–Crippen LogP) is 3.02. The van der Waals surface area contributed by atoms with Crippen molar-refractivity contribution in [3.8, 4) is 0 Å². The minimum atomic E-state index is 0. The van der Waals surface area contributed by atoms with E-state index < -0.39 is 0 Å². The Morgan fingerprint density at radius 3 is 2.81 bits per heavy atom. The number of benzene rings is 1. The molecule has 5 nitrogen and oxygen atoms in total. The summed E-state index contributed by atoms with van der Waals surface area (Å²) in [6.07, 6.45) is 3.51. The van der Waals surface area contributed by atoms with Crippen molar-refractivity contribution in [3.05, 3.63) is 47.6 Å². The van der Waals surface area contributed by atoms with E-state index in [1.54, 1.807) is 0 Å². The van der Waals surface area contributed by atoms with E-state index in [9.17, 15) is 0 Å². The van der Waals surface area contributed by atoms with E-state index in [1.165, 1.54) is 12.8 Å². The number of rotatable bonds is 5. The van der Waals surface area contributed by atoms with E-state index in [-0.39, 0.29) is 18.4 Å². The molecule has 0 amide bonds. The van der Waals surface area contributed by atoms with E-state index in [2.05, 4.69) is 15.5 Å². The summed E-state index contributed by atoms with van der Waals surface area (Å²) >= 11 is 0. The zero-order valence-electron chi connectivity index (χ0n) is 11.8. The molecule has 6 heteroatoms. The van der Waals surface area contributed by atoms with Crippen LogP contribution in [-0.2, 0) is 18.0 Å². The molecular formula is C15H20ClN3O2. The predicted molar refractivity (Wildman–Crippen MR) is 81.1 cm³/mol. The van der Waals surface area contributed by atoms with Crippen LogP contribution in [0, 0.1) is 0 Å². The topological polar surface area (TPSA) is 60.2 Å². The van der Waals surface area contributed by atoms with E-state index in [0.29, 0.717) is 19.1 Å². The van der Waals surface area contributed by atoms with Gasteiger partial charge in [-0.15, -0.1) is 12.4 Å². The van der Waals surface area contributed by atoms with Gasteiger partial charge in [0.1, 0.15) is 6.61 Å². The zero-order chi connectivity index (χ0) is 13.6. The quantitative estimate of drug-likeness (QED) is 0.920. The van der Waals surface area contributed by atoms with E-state index in [4.69, 9.17) is 9.26 Å². The first kappa shape index (κ1) is 15.9. The molecular weight excluding hydrogens is 290 g/mol. The fourth-order valence-corrected chi connectivity index (χ4v) is 2.37. The SMILES string of the molecule is Cl.c1ccc(COCc2nc(C3CCCCN3)no2)cc1. The maximum atomic E-state index is 5.59. The fourth-order valence-electron chi connectivity index (χ4n) is 2.37. The van der Waals surface area contributed by atoms with Gasteiger partial charge in [0.25, 0.3) is 5.89 Å². The zero-order valence-corrected chi connectivity index (χ0v) is 12.6. The Morgan fingerprint density at radius 1 is 1.19 bits per heavy atom. The van der Waals surface area contributed by atoms with Crippen molar-refractivity contribution in [2.75, 3.05) is 6.54 Å². The monoisotopic (exact) mass is 309 g/mol. The summed E-state index contributed by atoms with van der Waals surface area (Å²) in [5, 5.41) is 7.44. The van der Waals surface area contributed by atoms with Gasteiger partial charge < -0.3 is 14.6 Å². The van der Waals surface area contributed by atoms with E-state index in [1.807, 2.05) is 30.3 Å². The largest absolute Gasteiger partial charge is 0.367 e. The highest BCUT2D eigenvalue weighted by Gasteiger charge is 2.20. The fraction of sp³-hybridized carbons (Fsp3) is 0.467. The van der Waals surface area contributed by atoms with Gasteiger partial charge in [-0.05, 0) is 24.9 Å². The number of halogens is 1. The summed E-state index contributed by atoms with van der Waals surface area (Å²) in [5.41, 5.74) is 1.14. The number of nitrogens with one attached hydrogen (secondary N) is 1. The van der Waals surface area contributed by atoms with Crippen molar-refractivity contribution in [1.82, 2.24) is 15.5 Å². The Kier molecular flexibility index (Phi) is 6.17. The summed E-state index contributed by atoms with van der Waals surface area (Å²) in [4.78, 5) is 4.40. The molecule has 1 aromatic heterocycles. The van der Waals surface area contributed by atoms with Crippen LogP contribution in [0.1, 0.15) is 42.6 Å². The van der Waals surface area contributed by atoms with Gasteiger partial charge in [0.2, 0.25) is 0 Å². The first-order chi connectivity index (χ1) is 9.92. The first-order valence-corrected chi connectivity index (χ1v) is 7.09. The van der Waals surface area contributed by atoms with Gasteiger partial charge in [-0.2, -0.15) is 4.98 Å². The number of hydrogen-bond acceptors (Lipinski definition) is 5. The second kappa shape index (κ2) is 8.12. The summed E-state index contributed by atoms with van der Waals surface area (Å²) in [6, 6.07) is 10.3. The average molecular weight is 310 g/mol. The molecule has 0 spiro atoms. The number of aromatic nitrogens is 2. The first-order valence-electron chi connectivity index (χ1n) is 7.09. The third kappa shape index (κ3) is 4.52. The molecule has 0 bridgehead atoms. The van der Waals surface area contributed by atoms with Crippen LogP contribution in [0.25, 0.3) is 0 Å². The molecule has 0 radical (unpaired) electrons. The van der Waals surface area contributed by atoms with Crippen molar-refractivity contribution < 1.29 is 9.26 Å². The smallest absolute Gasteiger partial charge is 0.252 e. The summed E-state index contributed by atoms with van der Waals surface area (Å²) in [7, 11) is 0. The van der Waals surface area contributed by atoms with Gasteiger partial charge in [-0.25, -0.2) is 0 Å². The van der Waals surface area contributed by atoms with E-state index in [0.717, 1.165) is 24.4 Å². The molecule has 1 saturated heterocycles. The number of hydrogen-bond donors (Lipinski definition) is 1.